The molecule has 0 aliphatic carbocycles. The number of hydrogen-bond donors (Lipinski definition) is 1. The van der Waals surface area contributed by atoms with E-state index in [9.17, 15) is 4.79 Å². The average molecular weight is 398 g/mol. The highest BCUT2D eigenvalue weighted by atomic mass is 16.5. The molecule has 3 heterocycles. The van der Waals surface area contributed by atoms with Crippen LogP contribution in [-0.2, 0) is 11.3 Å². The Labute approximate surface area is 172 Å². The zero-order valence-electron chi connectivity index (χ0n) is 17.4. The van der Waals surface area contributed by atoms with Crippen molar-refractivity contribution in [3.8, 4) is 0 Å². The molecule has 1 unspecified atom stereocenters. The van der Waals surface area contributed by atoms with Gasteiger partial charge in [-0.15, -0.1) is 0 Å². The maximum Gasteiger partial charge on any atom is 0.255 e. The number of carbonyl (C=O) groups excluding carboxylic acids is 1. The number of carbonyl (C=O) groups is 1. The molecular weight excluding hydrogens is 366 g/mol. The van der Waals surface area contributed by atoms with Crippen LogP contribution in [0.15, 0.2) is 36.7 Å². The molecule has 0 radical (unpaired) electrons. The van der Waals surface area contributed by atoms with Gasteiger partial charge in [0.2, 0.25) is 0 Å². The zero-order chi connectivity index (χ0) is 20.2. The van der Waals surface area contributed by atoms with Crippen LogP contribution in [0, 0.1) is 0 Å². The van der Waals surface area contributed by atoms with Crippen molar-refractivity contribution in [2.75, 3.05) is 43.0 Å². The van der Waals surface area contributed by atoms with Gasteiger partial charge >= 0.3 is 0 Å². The summed E-state index contributed by atoms with van der Waals surface area (Å²) in [5.41, 5.74) is 2.54. The maximum atomic E-state index is 12.6. The number of nitrogens with one attached hydrogen (secondary N) is 1. The zero-order valence-corrected chi connectivity index (χ0v) is 17.4. The van der Waals surface area contributed by atoms with E-state index in [1.54, 1.807) is 6.20 Å². The molecule has 7 nitrogen and oxygen atoms in total. The van der Waals surface area contributed by atoms with Crippen molar-refractivity contribution in [1.82, 2.24) is 14.7 Å². The molecule has 1 aromatic carbocycles. The Balaban J connectivity index is 1.31. The number of benzene rings is 1. The second-order valence-corrected chi connectivity index (χ2v) is 8.20. The van der Waals surface area contributed by atoms with Crippen molar-refractivity contribution in [3.05, 3.63) is 42.2 Å². The smallest absolute Gasteiger partial charge is 0.255 e. The maximum absolute atomic E-state index is 12.6. The molecule has 2 saturated heterocycles. The first kappa shape index (κ1) is 19.9. The molecule has 1 aromatic heterocycles. The molecule has 0 spiro atoms. The van der Waals surface area contributed by atoms with E-state index < -0.39 is 0 Å². The SMILES string of the molecule is CC(C)N1CCN(c2ccc(C(=O)Nc3cnn(CC4CCCO4)c3)cc2)CC1. The first-order valence-electron chi connectivity index (χ1n) is 10.6. The standard InChI is InChI=1S/C22H31N5O2/c1-17(2)25-9-11-26(12-10-25)20-7-5-18(6-8-20)22(28)24-19-14-23-27(15-19)16-21-4-3-13-29-21/h5-8,14-15,17,21H,3-4,9-13,16H2,1-2H3,(H,24,28). The van der Waals surface area contributed by atoms with Gasteiger partial charge in [0.05, 0.1) is 24.5 Å². The average Bonchev–Trinajstić information content (AvgIpc) is 3.41. The van der Waals surface area contributed by atoms with Gasteiger partial charge in [-0.05, 0) is 51.0 Å². The molecule has 2 fully saturated rings. The van der Waals surface area contributed by atoms with Gasteiger partial charge in [0, 0.05) is 56.3 Å². The van der Waals surface area contributed by atoms with Gasteiger partial charge in [-0.3, -0.25) is 14.4 Å². The third-order valence-corrected chi connectivity index (χ3v) is 5.84. The Morgan fingerprint density at radius 2 is 1.97 bits per heavy atom. The summed E-state index contributed by atoms with van der Waals surface area (Å²) >= 11 is 0. The van der Waals surface area contributed by atoms with Gasteiger partial charge in [0.25, 0.3) is 5.91 Å². The summed E-state index contributed by atoms with van der Waals surface area (Å²) < 4.78 is 7.48. The summed E-state index contributed by atoms with van der Waals surface area (Å²) in [6.45, 7) is 10.3. The molecule has 4 rings (SSSR count). The minimum Gasteiger partial charge on any atom is -0.376 e. The van der Waals surface area contributed by atoms with Crippen LogP contribution < -0.4 is 10.2 Å². The Hall–Kier alpha value is -2.38. The highest BCUT2D eigenvalue weighted by Crippen LogP contribution is 2.19. The van der Waals surface area contributed by atoms with Gasteiger partial charge in [0.15, 0.2) is 0 Å². The van der Waals surface area contributed by atoms with Crippen molar-refractivity contribution < 1.29 is 9.53 Å². The Morgan fingerprint density at radius 3 is 2.62 bits per heavy atom. The Bertz CT molecular complexity index is 803. The van der Waals surface area contributed by atoms with E-state index >= 15 is 0 Å². The highest BCUT2D eigenvalue weighted by molar-refractivity contribution is 6.04. The molecule has 1 amide bonds. The van der Waals surface area contributed by atoms with Crippen LogP contribution in [0.4, 0.5) is 11.4 Å². The summed E-state index contributed by atoms with van der Waals surface area (Å²) in [6.07, 6.45) is 5.96. The number of ether oxygens (including phenoxy) is 1. The number of rotatable bonds is 6. The Kier molecular flexibility index (Phi) is 6.16. The number of amides is 1. The van der Waals surface area contributed by atoms with E-state index in [-0.39, 0.29) is 12.0 Å². The first-order valence-corrected chi connectivity index (χ1v) is 10.6. The predicted molar refractivity (Wildman–Crippen MR) is 115 cm³/mol. The molecule has 2 aromatic rings. The number of nitrogens with zero attached hydrogens (tertiary/aromatic N) is 4. The third-order valence-electron chi connectivity index (χ3n) is 5.84. The molecule has 0 bridgehead atoms. The second-order valence-electron chi connectivity index (χ2n) is 8.20. The number of hydrogen-bond acceptors (Lipinski definition) is 5. The Morgan fingerprint density at radius 1 is 1.21 bits per heavy atom. The largest absolute Gasteiger partial charge is 0.376 e. The number of anilines is 2. The van der Waals surface area contributed by atoms with Crippen LogP contribution in [0.5, 0.6) is 0 Å². The van der Waals surface area contributed by atoms with E-state index in [0.717, 1.165) is 52.2 Å². The summed E-state index contributed by atoms with van der Waals surface area (Å²) in [7, 11) is 0. The number of piperazine rings is 1. The normalized spacial score (nSPS) is 20.4. The van der Waals surface area contributed by atoms with Crippen LogP contribution in [0.3, 0.4) is 0 Å². The van der Waals surface area contributed by atoms with Crippen molar-refractivity contribution in [1.29, 1.82) is 0 Å². The van der Waals surface area contributed by atoms with E-state index in [1.165, 1.54) is 5.69 Å². The summed E-state index contributed by atoms with van der Waals surface area (Å²) in [5.74, 6) is -0.113. The van der Waals surface area contributed by atoms with Crippen LogP contribution in [0.1, 0.15) is 37.0 Å². The van der Waals surface area contributed by atoms with Crippen molar-refractivity contribution in [2.24, 2.45) is 0 Å². The van der Waals surface area contributed by atoms with Gasteiger partial charge in [-0.2, -0.15) is 5.10 Å². The fraction of sp³-hybridized carbons (Fsp3) is 0.545. The topological polar surface area (TPSA) is 62.6 Å². The van der Waals surface area contributed by atoms with Gasteiger partial charge in [-0.25, -0.2) is 0 Å². The molecule has 1 atom stereocenters. The minimum absolute atomic E-state index is 0.113. The quantitative estimate of drug-likeness (QED) is 0.812. The van der Waals surface area contributed by atoms with Crippen molar-refractivity contribution in [2.45, 2.75) is 45.4 Å². The second kappa shape index (κ2) is 8.97. The molecule has 0 saturated carbocycles. The first-order chi connectivity index (χ1) is 14.1. The van der Waals surface area contributed by atoms with Crippen molar-refractivity contribution >= 4 is 17.3 Å². The highest BCUT2D eigenvalue weighted by Gasteiger charge is 2.19. The van der Waals surface area contributed by atoms with Gasteiger partial charge in [-0.1, -0.05) is 0 Å². The van der Waals surface area contributed by atoms with E-state index in [2.05, 4.69) is 34.1 Å². The molecule has 2 aliphatic rings. The lowest BCUT2D eigenvalue weighted by Gasteiger charge is -2.38. The summed E-state index contributed by atoms with van der Waals surface area (Å²) in [4.78, 5) is 17.5. The lowest BCUT2D eigenvalue weighted by molar-refractivity contribution is 0.0940. The number of aromatic nitrogens is 2. The lowest BCUT2D eigenvalue weighted by atomic mass is 10.1. The molecule has 1 N–H and O–H groups in total. The summed E-state index contributed by atoms with van der Waals surface area (Å²) in [5, 5.41) is 7.27. The van der Waals surface area contributed by atoms with Crippen LogP contribution in [-0.4, -0.2) is 65.5 Å². The molecule has 7 heteroatoms. The fourth-order valence-corrected chi connectivity index (χ4v) is 4.05. The third kappa shape index (κ3) is 4.97. The van der Waals surface area contributed by atoms with Crippen LogP contribution >= 0.6 is 0 Å². The van der Waals surface area contributed by atoms with E-state index in [0.29, 0.717) is 17.3 Å². The fourth-order valence-electron chi connectivity index (χ4n) is 4.05. The van der Waals surface area contributed by atoms with Crippen LogP contribution in [0.2, 0.25) is 0 Å². The van der Waals surface area contributed by atoms with Gasteiger partial charge in [0.1, 0.15) is 0 Å². The molecule has 2 aliphatic heterocycles. The molecule has 156 valence electrons. The lowest BCUT2D eigenvalue weighted by Crippen LogP contribution is -2.48. The van der Waals surface area contributed by atoms with Gasteiger partial charge < -0.3 is 15.0 Å². The van der Waals surface area contributed by atoms with Crippen molar-refractivity contribution in [3.63, 3.8) is 0 Å². The monoisotopic (exact) mass is 397 g/mol. The summed E-state index contributed by atoms with van der Waals surface area (Å²) in [6, 6.07) is 8.48. The van der Waals surface area contributed by atoms with E-state index in [4.69, 9.17) is 4.74 Å². The molecule has 29 heavy (non-hydrogen) atoms. The predicted octanol–water partition coefficient (Wildman–Crippen LogP) is 2.84. The van der Waals surface area contributed by atoms with Crippen LogP contribution in [0.25, 0.3) is 0 Å². The van der Waals surface area contributed by atoms with E-state index in [1.807, 2.05) is 35.1 Å². The minimum atomic E-state index is -0.113. The molecular formula is C22H31N5O2.